The first-order valence-corrected chi connectivity index (χ1v) is 4.85. The Balaban J connectivity index is 4.33. The van der Waals surface area contributed by atoms with Crippen LogP contribution in [0.3, 0.4) is 0 Å². The van der Waals surface area contributed by atoms with Gasteiger partial charge in [0.1, 0.15) is 6.54 Å². The molecule has 2 amide bonds. The normalized spacial score (nSPS) is 9.47. The first-order chi connectivity index (χ1) is 7.02. The van der Waals surface area contributed by atoms with Crippen LogP contribution in [-0.4, -0.2) is 53.6 Å². The van der Waals surface area contributed by atoms with Gasteiger partial charge in [-0.15, -0.1) is 6.58 Å². The molecular formula is C10H18N2O3. The number of rotatable bonds is 6. The third-order valence-electron chi connectivity index (χ3n) is 1.81. The molecule has 0 saturated carbocycles. The Morgan fingerprint density at radius 2 is 2.07 bits per heavy atom. The quantitative estimate of drug-likeness (QED) is 0.671. The van der Waals surface area contributed by atoms with Gasteiger partial charge in [-0.05, 0) is 6.42 Å². The molecular weight excluding hydrogens is 196 g/mol. The van der Waals surface area contributed by atoms with Gasteiger partial charge in [-0.1, -0.05) is 13.0 Å². The van der Waals surface area contributed by atoms with Crippen molar-refractivity contribution in [2.75, 3.05) is 26.7 Å². The molecule has 0 aliphatic carbocycles. The zero-order chi connectivity index (χ0) is 11.8. The van der Waals surface area contributed by atoms with E-state index < -0.39 is 5.97 Å². The van der Waals surface area contributed by atoms with Crippen LogP contribution in [0.4, 0.5) is 4.79 Å². The summed E-state index contributed by atoms with van der Waals surface area (Å²) >= 11 is 0. The van der Waals surface area contributed by atoms with Crippen molar-refractivity contribution in [3.63, 3.8) is 0 Å². The van der Waals surface area contributed by atoms with Gasteiger partial charge < -0.3 is 14.9 Å². The Morgan fingerprint density at radius 3 is 2.47 bits per heavy atom. The lowest BCUT2D eigenvalue weighted by Gasteiger charge is -2.25. The van der Waals surface area contributed by atoms with Crippen LogP contribution in [0.5, 0.6) is 0 Å². The molecule has 0 atom stereocenters. The van der Waals surface area contributed by atoms with E-state index in [1.807, 2.05) is 6.92 Å². The monoisotopic (exact) mass is 214 g/mol. The average molecular weight is 214 g/mol. The van der Waals surface area contributed by atoms with E-state index in [1.165, 1.54) is 11.9 Å². The second-order valence-corrected chi connectivity index (χ2v) is 3.27. The molecule has 5 heteroatoms. The standard InChI is InChI=1S/C10H18N2O3/c1-4-6-12(7-5-2)10(15)11(3)8-9(13)14/h4H,1,5-8H2,2-3H3,(H,13,14). The predicted octanol–water partition coefficient (Wildman–Crippen LogP) is 1.02. The van der Waals surface area contributed by atoms with Gasteiger partial charge in [0, 0.05) is 20.1 Å². The van der Waals surface area contributed by atoms with Gasteiger partial charge in [0.2, 0.25) is 0 Å². The van der Waals surface area contributed by atoms with Crippen molar-refractivity contribution in [3.8, 4) is 0 Å². The maximum absolute atomic E-state index is 11.7. The third kappa shape index (κ3) is 5.05. The third-order valence-corrected chi connectivity index (χ3v) is 1.81. The number of urea groups is 1. The highest BCUT2D eigenvalue weighted by molar-refractivity contribution is 5.80. The van der Waals surface area contributed by atoms with Crippen LogP contribution in [0.25, 0.3) is 0 Å². The predicted molar refractivity (Wildman–Crippen MR) is 57.7 cm³/mol. The molecule has 0 spiro atoms. The SMILES string of the molecule is C=CCN(CCC)C(=O)N(C)CC(=O)O. The molecule has 0 rings (SSSR count). The number of nitrogens with zero attached hydrogens (tertiary/aromatic N) is 2. The highest BCUT2D eigenvalue weighted by Crippen LogP contribution is 1.98. The molecule has 0 aliphatic rings. The van der Waals surface area contributed by atoms with Crippen molar-refractivity contribution >= 4 is 12.0 Å². The Bertz CT molecular complexity index is 241. The summed E-state index contributed by atoms with van der Waals surface area (Å²) in [5.41, 5.74) is 0. The molecule has 1 N–H and O–H groups in total. The number of amides is 2. The van der Waals surface area contributed by atoms with Crippen LogP contribution >= 0.6 is 0 Å². The summed E-state index contributed by atoms with van der Waals surface area (Å²) in [5.74, 6) is -1.01. The first kappa shape index (κ1) is 13.5. The van der Waals surface area contributed by atoms with E-state index in [9.17, 15) is 9.59 Å². The highest BCUT2D eigenvalue weighted by Gasteiger charge is 2.17. The van der Waals surface area contributed by atoms with E-state index in [2.05, 4.69) is 6.58 Å². The van der Waals surface area contributed by atoms with Gasteiger partial charge in [-0.2, -0.15) is 0 Å². The molecule has 0 aromatic rings. The number of carbonyl (C=O) groups is 2. The van der Waals surface area contributed by atoms with Gasteiger partial charge in [-0.3, -0.25) is 4.79 Å². The summed E-state index contributed by atoms with van der Waals surface area (Å²) < 4.78 is 0. The Kier molecular flexibility index (Phi) is 6.17. The fraction of sp³-hybridized carbons (Fsp3) is 0.600. The van der Waals surface area contributed by atoms with Gasteiger partial charge in [-0.25, -0.2) is 4.79 Å². The van der Waals surface area contributed by atoms with E-state index in [-0.39, 0.29) is 12.6 Å². The number of hydrogen-bond acceptors (Lipinski definition) is 2. The van der Waals surface area contributed by atoms with Crippen LogP contribution in [0.2, 0.25) is 0 Å². The molecule has 15 heavy (non-hydrogen) atoms. The van der Waals surface area contributed by atoms with Crippen molar-refractivity contribution in [2.24, 2.45) is 0 Å². The maximum Gasteiger partial charge on any atom is 0.323 e. The lowest BCUT2D eigenvalue weighted by molar-refractivity contribution is -0.137. The smallest absolute Gasteiger partial charge is 0.323 e. The number of aliphatic carboxylic acids is 1. The molecule has 0 aliphatic heterocycles. The second kappa shape index (κ2) is 6.86. The summed E-state index contributed by atoms with van der Waals surface area (Å²) in [6.07, 6.45) is 2.46. The van der Waals surface area contributed by atoms with Crippen LogP contribution in [0.1, 0.15) is 13.3 Å². The summed E-state index contributed by atoms with van der Waals surface area (Å²) in [7, 11) is 1.47. The molecule has 0 bridgehead atoms. The van der Waals surface area contributed by atoms with Crippen LogP contribution in [0.15, 0.2) is 12.7 Å². The van der Waals surface area contributed by atoms with Crippen molar-refractivity contribution in [1.82, 2.24) is 9.80 Å². The van der Waals surface area contributed by atoms with E-state index in [0.717, 1.165) is 6.42 Å². The molecule has 5 nitrogen and oxygen atoms in total. The lowest BCUT2D eigenvalue weighted by atomic mass is 10.4. The van der Waals surface area contributed by atoms with E-state index in [1.54, 1.807) is 11.0 Å². The van der Waals surface area contributed by atoms with Crippen LogP contribution < -0.4 is 0 Å². The highest BCUT2D eigenvalue weighted by atomic mass is 16.4. The van der Waals surface area contributed by atoms with Crippen LogP contribution in [0, 0.1) is 0 Å². The zero-order valence-corrected chi connectivity index (χ0v) is 9.27. The minimum atomic E-state index is -1.01. The summed E-state index contributed by atoms with van der Waals surface area (Å²) in [5, 5.41) is 8.54. The molecule has 0 aromatic heterocycles. The largest absolute Gasteiger partial charge is 0.480 e. The Hall–Kier alpha value is -1.52. The van der Waals surface area contributed by atoms with E-state index in [4.69, 9.17) is 5.11 Å². The molecule has 0 unspecified atom stereocenters. The fourth-order valence-corrected chi connectivity index (χ4v) is 1.20. The van der Waals surface area contributed by atoms with Crippen molar-refractivity contribution in [1.29, 1.82) is 0 Å². The number of carbonyl (C=O) groups excluding carboxylic acids is 1. The topological polar surface area (TPSA) is 60.9 Å². The van der Waals surface area contributed by atoms with Gasteiger partial charge in [0.05, 0.1) is 0 Å². The van der Waals surface area contributed by atoms with E-state index in [0.29, 0.717) is 13.1 Å². The van der Waals surface area contributed by atoms with Crippen molar-refractivity contribution < 1.29 is 14.7 Å². The minimum Gasteiger partial charge on any atom is -0.480 e. The molecule has 0 saturated heterocycles. The van der Waals surface area contributed by atoms with Crippen molar-refractivity contribution in [2.45, 2.75) is 13.3 Å². The number of hydrogen-bond donors (Lipinski definition) is 1. The van der Waals surface area contributed by atoms with Crippen LogP contribution in [-0.2, 0) is 4.79 Å². The fourth-order valence-electron chi connectivity index (χ4n) is 1.20. The zero-order valence-electron chi connectivity index (χ0n) is 9.27. The molecule has 0 fully saturated rings. The minimum absolute atomic E-state index is 0.279. The maximum atomic E-state index is 11.7. The Labute approximate surface area is 90.0 Å². The summed E-state index contributed by atoms with van der Waals surface area (Å²) in [4.78, 5) is 24.9. The number of carboxylic acids is 1. The molecule has 0 radical (unpaired) electrons. The van der Waals surface area contributed by atoms with Gasteiger partial charge >= 0.3 is 12.0 Å². The van der Waals surface area contributed by atoms with Gasteiger partial charge in [0.15, 0.2) is 0 Å². The average Bonchev–Trinajstić information content (AvgIpc) is 2.15. The molecule has 86 valence electrons. The molecule has 0 aromatic carbocycles. The number of carboxylic acid groups (broad SMARTS) is 1. The summed E-state index contributed by atoms with van der Waals surface area (Å²) in [6.45, 7) is 6.28. The second-order valence-electron chi connectivity index (χ2n) is 3.27. The lowest BCUT2D eigenvalue weighted by Crippen LogP contribution is -2.43. The molecule has 0 heterocycles. The van der Waals surface area contributed by atoms with Gasteiger partial charge in [0.25, 0.3) is 0 Å². The Morgan fingerprint density at radius 1 is 1.47 bits per heavy atom. The van der Waals surface area contributed by atoms with Crippen molar-refractivity contribution in [3.05, 3.63) is 12.7 Å². The number of likely N-dealkylation sites (N-methyl/N-ethyl adjacent to an activating group) is 1. The first-order valence-electron chi connectivity index (χ1n) is 4.85. The summed E-state index contributed by atoms with van der Waals surface area (Å²) in [6, 6.07) is -0.279. The van der Waals surface area contributed by atoms with E-state index >= 15 is 0 Å².